The van der Waals surface area contributed by atoms with Gasteiger partial charge in [0, 0.05) is 22.5 Å². The number of halogens is 1. The molecular formula is C13H16BrNO. The molecule has 2 unspecified atom stereocenters. The zero-order chi connectivity index (χ0) is 11.1. The summed E-state index contributed by atoms with van der Waals surface area (Å²) in [4.78, 5) is 0. The van der Waals surface area contributed by atoms with Gasteiger partial charge in [0.1, 0.15) is 5.75 Å². The van der Waals surface area contributed by atoms with Crippen molar-refractivity contribution in [2.24, 2.45) is 5.92 Å². The Hall–Kier alpha value is -0.540. The van der Waals surface area contributed by atoms with Gasteiger partial charge in [0.15, 0.2) is 0 Å². The van der Waals surface area contributed by atoms with Crippen molar-refractivity contribution in [3.8, 4) is 5.75 Å². The van der Waals surface area contributed by atoms with Gasteiger partial charge >= 0.3 is 0 Å². The average molecular weight is 282 g/mol. The predicted molar refractivity (Wildman–Crippen MR) is 68.1 cm³/mol. The summed E-state index contributed by atoms with van der Waals surface area (Å²) in [7, 11) is 1.77. The highest BCUT2D eigenvalue weighted by atomic mass is 79.9. The Kier molecular flexibility index (Phi) is 2.68. The molecule has 1 fully saturated rings. The van der Waals surface area contributed by atoms with Crippen molar-refractivity contribution < 1.29 is 4.74 Å². The van der Waals surface area contributed by atoms with Gasteiger partial charge in [0.25, 0.3) is 0 Å². The molecule has 0 amide bonds. The third kappa shape index (κ3) is 1.49. The van der Waals surface area contributed by atoms with Gasteiger partial charge in [0.05, 0.1) is 7.11 Å². The molecule has 0 radical (unpaired) electrons. The number of hydrogen-bond donors (Lipinski definition) is 1. The molecule has 1 aliphatic heterocycles. The van der Waals surface area contributed by atoms with Crippen molar-refractivity contribution in [2.45, 2.75) is 18.8 Å². The Bertz CT molecular complexity index is 419. The van der Waals surface area contributed by atoms with Gasteiger partial charge in [-0.1, -0.05) is 15.9 Å². The van der Waals surface area contributed by atoms with E-state index in [-0.39, 0.29) is 0 Å². The first kappa shape index (κ1) is 10.6. The van der Waals surface area contributed by atoms with Crippen LogP contribution in [0.15, 0.2) is 16.6 Å². The van der Waals surface area contributed by atoms with Crippen LogP contribution in [0.4, 0.5) is 0 Å². The summed E-state index contributed by atoms with van der Waals surface area (Å²) in [5, 5.41) is 3.51. The smallest absolute Gasteiger partial charge is 0.122 e. The minimum atomic E-state index is 0.649. The molecule has 16 heavy (non-hydrogen) atoms. The van der Waals surface area contributed by atoms with Crippen LogP contribution in [0.3, 0.4) is 0 Å². The maximum absolute atomic E-state index is 5.53. The van der Waals surface area contributed by atoms with Gasteiger partial charge in [0.2, 0.25) is 0 Å². The molecule has 1 saturated heterocycles. The zero-order valence-electron chi connectivity index (χ0n) is 9.42. The first-order chi connectivity index (χ1) is 7.81. The molecule has 2 aliphatic rings. The normalized spacial score (nSPS) is 27.4. The highest BCUT2D eigenvalue weighted by Crippen LogP contribution is 2.45. The van der Waals surface area contributed by atoms with E-state index >= 15 is 0 Å². The number of fused-ring (bicyclic) bond motifs is 3. The molecule has 2 nitrogen and oxygen atoms in total. The molecule has 0 bridgehead atoms. The number of ether oxygens (including phenoxy) is 1. The molecule has 3 rings (SSSR count). The van der Waals surface area contributed by atoms with Crippen LogP contribution in [0.25, 0.3) is 0 Å². The Labute approximate surface area is 105 Å². The van der Waals surface area contributed by atoms with Crippen LogP contribution in [0, 0.1) is 5.92 Å². The van der Waals surface area contributed by atoms with E-state index in [1.54, 1.807) is 7.11 Å². The predicted octanol–water partition coefficient (Wildman–Crippen LogP) is 2.71. The summed E-state index contributed by atoms with van der Waals surface area (Å²) in [6, 6.07) is 4.20. The van der Waals surface area contributed by atoms with Crippen molar-refractivity contribution in [2.75, 3.05) is 20.2 Å². The molecular weight excluding hydrogens is 266 g/mol. The van der Waals surface area contributed by atoms with Crippen LogP contribution in [-0.2, 0) is 6.42 Å². The van der Waals surface area contributed by atoms with Gasteiger partial charge in [-0.15, -0.1) is 0 Å². The maximum Gasteiger partial charge on any atom is 0.122 e. The topological polar surface area (TPSA) is 21.3 Å². The lowest BCUT2D eigenvalue weighted by Crippen LogP contribution is -2.20. The lowest BCUT2D eigenvalue weighted by atomic mass is 9.76. The van der Waals surface area contributed by atoms with Crippen molar-refractivity contribution >= 4 is 15.9 Å². The Morgan fingerprint density at radius 1 is 1.38 bits per heavy atom. The summed E-state index contributed by atoms with van der Waals surface area (Å²) in [6.45, 7) is 2.27. The molecule has 3 heteroatoms. The zero-order valence-corrected chi connectivity index (χ0v) is 11.0. The maximum atomic E-state index is 5.53. The minimum absolute atomic E-state index is 0.649. The molecule has 1 aromatic carbocycles. The highest BCUT2D eigenvalue weighted by molar-refractivity contribution is 9.10. The third-order valence-corrected chi connectivity index (χ3v) is 4.70. The summed E-state index contributed by atoms with van der Waals surface area (Å²) in [5.74, 6) is 2.52. The lowest BCUT2D eigenvalue weighted by molar-refractivity contribution is 0.384. The van der Waals surface area contributed by atoms with Gasteiger partial charge in [-0.05, 0) is 43.0 Å². The molecule has 2 atom stereocenters. The van der Waals surface area contributed by atoms with Gasteiger partial charge < -0.3 is 10.1 Å². The van der Waals surface area contributed by atoms with Crippen LogP contribution >= 0.6 is 15.9 Å². The lowest BCUT2D eigenvalue weighted by Gasteiger charge is -2.29. The number of rotatable bonds is 1. The van der Waals surface area contributed by atoms with Crippen molar-refractivity contribution in [3.63, 3.8) is 0 Å². The van der Waals surface area contributed by atoms with Crippen molar-refractivity contribution in [1.82, 2.24) is 5.32 Å². The molecule has 0 spiro atoms. The summed E-state index contributed by atoms with van der Waals surface area (Å²) in [6.07, 6.45) is 2.48. The highest BCUT2D eigenvalue weighted by Gasteiger charge is 2.36. The second-order valence-corrected chi connectivity index (χ2v) is 5.56. The second kappa shape index (κ2) is 4.04. The van der Waals surface area contributed by atoms with Crippen LogP contribution in [0.5, 0.6) is 5.75 Å². The fourth-order valence-corrected chi connectivity index (χ4v) is 3.70. The Balaban J connectivity index is 2.15. The monoisotopic (exact) mass is 281 g/mol. The van der Waals surface area contributed by atoms with Gasteiger partial charge in [-0.2, -0.15) is 0 Å². The molecule has 1 heterocycles. The number of benzene rings is 1. The van der Waals surface area contributed by atoms with Crippen LogP contribution in [0.2, 0.25) is 0 Å². The van der Waals surface area contributed by atoms with E-state index in [0.717, 1.165) is 18.2 Å². The molecule has 1 aliphatic carbocycles. The molecule has 0 aromatic heterocycles. The van der Waals surface area contributed by atoms with Crippen molar-refractivity contribution in [1.29, 1.82) is 0 Å². The SMILES string of the molecule is COc1ccc(Br)c2c1C1CNCC1CC2. The van der Waals surface area contributed by atoms with Crippen LogP contribution in [-0.4, -0.2) is 20.2 Å². The fraction of sp³-hybridized carbons (Fsp3) is 0.538. The fourth-order valence-electron chi connectivity index (χ4n) is 3.16. The first-order valence-corrected chi connectivity index (χ1v) is 6.66. The quantitative estimate of drug-likeness (QED) is 0.855. The Morgan fingerprint density at radius 2 is 2.25 bits per heavy atom. The van der Waals surface area contributed by atoms with Crippen molar-refractivity contribution in [3.05, 3.63) is 27.7 Å². The van der Waals surface area contributed by atoms with E-state index in [0.29, 0.717) is 5.92 Å². The Morgan fingerprint density at radius 3 is 3.06 bits per heavy atom. The number of hydrogen-bond acceptors (Lipinski definition) is 2. The summed E-state index contributed by atoms with van der Waals surface area (Å²) >= 11 is 3.67. The minimum Gasteiger partial charge on any atom is -0.496 e. The van der Waals surface area contributed by atoms with Gasteiger partial charge in [-0.25, -0.2) is 0 Å². The number of nitrogens with one attached hydrogen (secondary N) is 1. The van der Waals surface area contributed by atoms with E-state index in [1.807, 2.05) is 0 Å². The van der Waals surface area contributed by atoms with E-state index in [4.69, 9.17) is 4.74 Å². The molecule has 86 valence electrons. The van der Waals surface area contributed by atoms with Crippen LogP contribution in [0.1, 0.15) is 23.5 Å². The molecule has 1 aromatic rings. The molecule has 0 saturated carbocycles. The average Bonchev–Trinajstić information content (AvgIpc) is 2.77. The summed E-state index contributed by atoms with van der Waals surface area (Å²) in [5.41, 5.74) is 2.91. The van der Waals surface area contributed by atoms with E-state index in [2.05, 4.69) is 33.4 Å². The van der Waals surface area contributed by atoms with Gasteiger partial charge in [-0.3, -0.25) is 0 Å². The second-order valence-electron chi connectivity index (χ2n) is 4.71. The molecule has 1 N–H and O–H groups in total. The third-order valence-electron chi connectivity index (χ3n) is 3.96. The van der Waals surface area contributed by atoms with E-state index in [1.165, 1.54) is 35.0 Å². The first-order valence-electron chi connectivity index (χ1n) is 5.87. The van der Waals surface area contributed by atoms with E-state index < -0.39 is 0 Å². The number of methoxy groups -OCH3 is 1. The standard InChI is InChI=1S/C13H16BrNO/c1-16-12-5-4-11(14)9-3-2-8-6-15-7-10(8)13(9)12/h4-5,8,10,15H,2-3,6-7H2,1H3. The largest absolute Gasteiger partial charge is 0.496 e. The summed E-state index contributed by atoms with van der Waals surface area (Å²) < 4.78 is 6.77. The van der Waals surface area contributed by atoms with Crippen LogP contribution < -0.4 is 10.1 Å². The van der Waals surface area contributed by atoms with E-state index in [9.17, 15) is 0 Å².